The zero-order valence-electron chi connectivity index (χ0n) is 14.8. The molecule has 0 saturated carbocycles. The molecule has 1 aliphatic rings. The molecule has 0 aliphatic carbocycles. The summed E-state index contributed by atoms with van der Waals surface area (Å²) < 4.78 is 0.778. The van der Waals surface area contributed by atoms with Gasteiger partial charge in [0.05, 0.1) is 10.6 Å². The molecule has 1 heterocycles. The van der Waals surface area contributed by atoms with Crippen molar-refractivity contribution in [1.82, 2.24) is 10.2 Å². The summed E-state index contributed by atoms with van der Waals surface area (Å²) in [5.74, 6) is -0.347. The van der Waals surface area contributed by atoms with Crippen LogP contribution in [0.5, 0.6) is 0 Å². The van der Waals surface area contributed by atoms with Crippen molar-refractivity contribution < 1.29 is 4.79 Å². The highest BCUT2D eigenvalue weighted by Crippen LogP contribution is 2.21. The minimum atomic E-state index is -0.347. The number of piperidine rings is 1. The van der Waals surface area contributed by atoms with E-state index in [4.69, 9.17) is 23.8 Å². The molecule has 1 aliphatic heterocycles. The lowest BCUT2D eigenvalue weighted by Crippen LogP contribution is -2.34. The Bertz CT molecular complexity index is 822. The predicted molar refractivity (Wildman–Crippen MR) is 118 cm³/mol. The number of halogens is 2. The van der Waals surface area contributed by atoms with Crippen LogP contribution in [0.15, 0.2) is 46.9 Å². The normalized spacial score (nSPS) is 14.6. The zero-order valence-corrected chi connectivity index (χ0v) is 18.0. The van der Waals surface area contributed by atoms with E-state index in [1.165, 1.54) is 37.9 Å². The van der Waals surface area contributed by atoms with Gasteiger partial charge in [0.2, 0.25) is 0 Å². The lowest BCUT2D eigenvalue weighted by Gasteiger charge is -2.26. The molecule has 2 N–H and O–H groups in total. The zero-order chi connectivity index (χ0) is 19.2. The fourth-order valence-electron chi connectivity index (χ4n) is 3.07. The summed E-state index contributed by atoms with van der Waals surface area (Å²) in [6, 6.07) is 13.2. The van der Waals surface area contributed by atoms with Crippen molar-refractivity contribution in [3.05, 3.63) is 63.1 Å². The molecule has 3 rings (SSSR count). The molecule has 0 aromatic heterocycles. The monoisotopic (exact) mass is 465 g/mol. The fraction of sp³-hybridized carbons (Fsp3) is 0.300. The van der Waals surface area contributed by atoms with Crippen LogP contribution in [-0.2, 0) is 6.54 Å². The number of thiocarbonyl (C=S) groups is 1. The second-order valence-corrected chi connectivity index (χ2v) is 8.30. The molecule has 0 radical (unpaired) electrons. The number of anilines is 1. The van der Waals surface area contributed by atoms with Gasteiger partial charge in [-0.05, 0) is 74.0 Å². The van der Waals surface area contributed by atoms with E-state index < -0.39 is 0 Å². The topological polar surface area (TPSA) is 44.4 Å². The van der Waals surface area contributed by atoms with Gasteiger partial charge in [0, 0.05) is 16.7 Å². The van der Waals surface area contributed by atoms with Crippen molar-refractivity contribution in [2.45, 2.75) is 25.8 Å². The summed E-state index contributed by atoms with van der Waals surface area (Å²) in [7, 11) is 0. The maximum Gasteiger partial charge on any atom is 0.258 e. The first kappa shape index (κ1) is 20.3. The largest absolute Gasteiger partial charge is 0.332 e. The van der Waals surface area contributed by atoms with Gasteiger partial charge in [-0.2, -0.15) is 0 Å². The van der Waals surface area contributed by atoms with Crippen LogP contribution in [0, 0.1) is 0 Å². The third-order valence-electron chi connectivity index (χ3n) is 4.47. The number of hydrogen-bond donors (Lipinski definition) is 2. The molecule has 4 nitrogen and oxygen atoms in total. The van der Waals surface area contributed by atoms with Crippen LogP contribution in [-0.4, -0.2) is 29.0 Å². The lowest BCUT2D eigenvalue weighted by molar-refractivity contribution is 0.0978. The molecule has 27 heavy (non-hydrogen) atoms. The minimum absolute atomic E-state index is 0.236. The van der Waals surface area contributed by atoms with Crippen LogP contribution in [0.4, 0.5) is 5.69 Å². The maximum absolute atomic E-state index is 12.3. The molecular formula is C20H21BrClN3OS. The van der Waals surface area contributed by atoms with E-state index in [0.29, 0.717) is 10.6 Å². The Balaban J connectivity index is 1.54. The molecule has 2 aromatic carbocycles. The van der Waals surface area contributed by atoms with E-state index in [0.717, 1.165) is 16.7 Å². The summed E-state index contributed by atoms with van der Waals surface area (Å²) in [5.41, 5.74) is 2.48. The molecular weight excluding hydrogens is 446 g/mol. The molecule has 0 bridgehead atoms. The van der Waals surface area contributed by atoms with Gasteiger partial charge >= 0.3 is 0 Å². The van der Waals surface area contributed by atoms with Gasteiger partial charge in [0.15, 0.2) is 5.11 Å². The third kappa shape index (κ3) is 6.01. The molecule has 7 heteroatoms. The summed E-state index contributed by atoms with van der Waals surface area (Å²) in [4.78, 5) is 14.8. The Morgan fingerprint density at radius 1 is 1.11 bits per heavy atom. The van der Waals surface area contributed by atoms with Gasteiger partial charge in [0.1, 0.15) is 0 Å². The van der Waals surface area contributed by atoms with Crippen LogP contribution in [0.3, 0.4) is 0 Å². The minimum Gasteiger partial charge on any atom is -0.332 e. The number of nitrogens with zero attached hydrogens (tertiary/aromatic N) is 1. The fourth-order valence-corrected chi connectivity index (χ4v) is 3.85. The average molecular weight is 467 g/mol. The number of carbonyl (C=O) groups is 1. The van der Waals surface area contributed by atoms with Gasteiger partial charge in [-0.3, -0.25) is 15.0 Å². The van der Waals surface area contributed by atoms with Crippen molar-refractivity contribution in [3.63, 3.8) is 0 Å². The Morgan fingerprint density at radius 3 is 2.52 bits per heavy atom. The number of hydrogen-bond acceptors (Lipinski definition) is 3. The van der Waals surface area contributed by atoms with Crippen molar-refractivity contribution in [1.29, 1.82) is 0 Å². The number of amides is 1. The van der Waals surface area contributed by atoms with Crippen LogP contribution in [0.25, 0.3) is 0 Å². The Morgan fingerprint density at radius 2 is 1.81 bits per heavy atom. The second-order valence-electron chi connectivity index (χ2n) is 6.57. The maximum atomic E-state index is 12.3. The van der Waals surface area contributed by atoms with E-state index in [-0.39, 0.29) is 11.0 Å². The van der Waals surface area contributed by atoms with Crippen LogP contribution < -0.4 is 10.6 Å². The number of benzene rings is 2. The summed E-state index contributed by atoms with van der Waals surface area (Å²) >= 11 is 14.7. The van der Waals surface area contributed by atoms with Crippen molar-refractivity contribution >= 4 is 56.5 Å². The number of rotatable bonds is 4. The van der Waals surface area contributed by atoms with Crippen LogP contribution in [0.2, 0.25) is 5.02 Å². The molecule has 1 saturated heterocycles. The first-order valence-corrected chi connectivity index (χ1v) is 10.5. The highest BCUT2D eigenvalue weighted by Gasteiger charge is 2.13. The van der Waals surface area contributed by atoms with Gasteiger partial charge in [0.25, 0.3) is 5.91 Å². The van der Waals surface area contributed by atoms with Crippen LogP contribution >= 0.6 is 39.7 Å². The molecule has 0 atom stereocenters. The molecule has 2 aromatic rings. The van der Waals surface area contributed by atoms with E-state index in [1.807, 2.05) is 12.1 Å². The lowest BCUT2D eigenvalue weighted by atomic mass is 10.1. The molecule has 142 valence electrons. The second kappa shape index (κ2) is 9.64. The first-order valence-electron chi connectivity index (χ1n) is 8.90. The summed E-state index contributed by atoms with van der Waals surface area (Å²) in [6.07, 6.45) is 3.92. The summed E-state index contributed by atoms with van der Waals surface area (Å²) in [6.45, 7) is 3.32. The highest BCUT2D eigenvalue weighted by molar-refractivity contribution is 9.10. The highest BCUT2D eigenvalue weighted by atomic mass is 79.9. The molecule has 1 amide bonds. The molecule has 1 fully saturated rings. The van der Waals surface area contributed by atoms with E-state index >= 15 is 0 Å². The number of likely N-dealkylation sites (tertiary alicyclic amines) is 1. The Labute approximate surface area is 178 Å². The van der Waals surface area contributed by atoms with E-state index in [1.54, 1.807) is 18.2 Å². The summed E-state index contributed by atoms with van der Waals surface area (Å²) in [5, 5.41) is 6.31. The Kier molecular flexibility index (Phi) is 7.24. The number of nitrogens with one attached hydrogen (secondary N) is 2. The predicted octanol–water partition coefficient (Wildman–Crippen LogP) is 5.22. The first-order chi connectivity index (χ1) is 13.0. The van der Waals surface area contributed by atoms with Crippen molar-refractivity contribution in [3.8, 4) is 0 Å². The molecule has 0 unspecified atom stereocenters. The third-order valence-corrected chi connectivity index (χ3v) is 5.49. The van der Waals surface area contributed by atoms with Crippen LogP contribution in [0.1, 0.15) is 35.2 Å². The van der Waals surface area contributed by atoms with Gasteiger partial charge in [-0.25, -0.2) is 0 Å². The smallest absolute Gasteiger partial charge is 0.258 e. The SMILES string of the molecule is O=C(NC(=S)Nc1ccc(CN2CCCCC2)cc1)c1cc(Br)ccc1Cl. The van der Waals surface area contributed by atoms with Gasteiger partial charge in [-0.1, -0.05) is 46.1 Å². The number of carbonyl (C=O) groups excluding carboxylic acids is 1. The van der Waals surface area contributed by atoms with E-state index in [9.17, 15) is 4.79 Å². The average Bonchev–Trinajstić information content (AvgIpc) is 2.66. The van der Waals surface area contributed by atoms with Gasteiger partial charge in [-0.15, -0.1) is 0 Å². The molecule has 0 spiro atoms. The standard InChI is InChI=1S/C20H21BrClN3OS/c21-15-6-9-18(22)17(12-15)19(26)24-20(27)23-16-7-4-14(5-8-16)13-25-10-2-1-3-11-25/h4-9,12H,1-3,10-11,13H2,(H2,23,24,26,27). The van der Waals surface area contributed by atoms with E-state index in [2.05, 4.69) is 43.6 Å². The Hall–Kier alpha value is -1.47. The van der Waals surface area contributed by atoms with Gasteiger partial charge < -0.3 is 5.32 Å². The van der Waals surface area contributed by atoms with Crippen molar-refractivity contribution in [2.75, 3.05) is 18.4 Å². The quantitative estimate of drug-likeness (QED) is 0.607. The van der Waals surface area contributed by atoms with Crippen molar-refractivity contribution in [2.24, 2.45) is 0 Å².